The van der Waals surface area contributed by atoms with Gasteiger partial charge < -0.3 is 14.2 Å². The van der Waals surface area contributed by atoms with Gasteiger partial charge >= 0.3 is 0 Å². The number of ether oxygens (including phenoxy) is 3. The zero-order chi connectivity index (χ0) is 21.5. The molecule has 1 amide bonds. The summed E-state index contributed by atoms with van der Waals surface area (Å²) in [4.78, 5) is 19.4. The molecule has 2 aromatic carbocycles. The highest BCUT2D eigenvalue weighted by atomic mass is 32.2. The maximum absolute atomic E-state index is 12.7. The van der Waals surface area contributed by atoms with Crippen molar-refractivity contribution in [2.75, 3.05) is 27.4 Å². The van der Waals surface area contributed by atoms with Gasteiger partial charge in [0.25, 0.3) is 5.91 Å². The molecule has 1 heterocycles. The van der Waals surface area contributed by atoms with Crippen LogP contribution in [0.2, 0.25) is 0 Å². The molecule has 0 radical (unpaired) electrons. The number of amidine groups is 1. The third-order valence-corrected chi connectivity index (χ3v) is 5.24. The van der Waals surface area contributed by atoms with Crippen LogP contribution in [0.3, 0.4) is 0 Å². The van der Waals surface area contributed by atoms with Crippen LogP contribution in [0.4, 0.5) is 5.69 Å². The van der Waals surface area contributed by atoms with Crippen molar-refractivity contribution in [2.24, 2.45) is 4.99 Å². The molecule has 30 heavy (non-hydrogen) atoms. The Morgan fingerprint density at radius 1 is 1.17 bits per heavy atom. The van der Waals surface area contributed by atoms with E-state index >= 15 is 0 Å². The van der Waals surface area contributed by atoms with Crippen molar-refractivity contribution in [3.63, 3.8) is 0 Å². The van der Waals surface area contributed by atoms with E-state index in [4.69, 9.17) is 20.6 Å². The van der Waals surface area contributed by atoms with Crippen molar-refractivity contribution < 1.29 is 19.0 Å². The van der Waals surface area contributed by atoms with Gasteiger partial charge in [0.1, 0.15) is 12.4 Å². The van der Waals surface area contributed by atoms with Crippen molar-refractivity contribution in [1.29, 1.82) is 0 Å². The molecule has 154 valence electrons. The Balaban J connectivity index is 1.84. The largest absolute Gasteiger partial charge is 0.497 e. The molecule has 2 aromatic rings. The third-order valence-electron chi connectivity index (χ3n) is 4.18. The quantitative estimate of drug-likeness (QED) is 0.491. The van der Waals surface area contributed by atoms with Gasteiger partial charge in [-0.25, -0.2) is 4.99 Å². The van der Waals surface area contributed by atoms with Crippen molar-refractivity contribution in [2.45, 2.75) is 6.92 Å². The second-order valence-corrected chi connectivity index (χ2v) is 7.21. The van der Waals surface area contributed by atoms with Gasteiger partial charge in [0.15, 0.2) is 16.7 Å². The van der Waals surface area contributed by atoms with Crippen LogP contribution in [-0.2, 0) is 4.79 Å². The van der Waals surface area contributed by atoms with E-state index in [9.17, 15) is 4.79 Å². The lowest BCUT2D eigenvalue weighted by atomic mass is 10.2. The molecule has 3 rings (SSSR count). The Morgan fingerprint density at radius 2 is 1.93 bits per heavy atom. The van der Waals surface area contributed by atoms with Crippen molar-refractivity contribution in [1.82, 2.24) is 4.90 Å². The number of likely N-dealkylation sites (N-methyl/N-ethyl adjacent to an activating group) is 1. The second-order valence-electron chi connectivity index (χ2n) is 6.20. The fourth-order valence-corrected chi connectivity index (χ4v) is 3.68. The SMILES string of the molecule is C#CCOc1ccc(C=C2SC(=Nc3ccc(OC)cc3)N(C)C2=O)cc1OCC. The predicted molar refractivity (Wildman–Crippen MR) is 120 cm³/mol. The summed E-state index contributed by atoms with van der Waals surface area (Å²) < 4.78 is 16.3. The average Bonchev–Trinajstić information content (AvgIpc) is 3.01. The lowest BCUT2D eigenvalue weighted by molar-refractivity contribution is -0.121. The molecule has 0 N–H and O–H groups in total. The topological polar surface area (TPSA) is 60.4 Å². The molecule has 0 bridgehead atoms. The lowest BCUT2D eigenvalue weighted by Crippen LogP contribution is -2.23. The van der Waals surface area contributed by atoms with Crippen LogP contribution < -0.4 is 14.2 Å². The number of benzene rings is 2. The van der Waals surface area contributed by atoms with E-state index in [1.54, 1.807) is 20.2 Å². The first kappa shape index (κ1) is 21.3. The number of rotatable bonds is 7. The molecule has 6 nitrogen and oxygen atoms in total. The van der Waals surface area contributed by atoms with E-state index in [1.165, 1.54) is 16.7 Å². The van der Waals surface area contributed by atoms with Gasteiger partial charge in [-0.2, -0.15) is 0 Å². The Hall–Kier alpha value is -3.37. The first-order valence-electron chi connectivity index (χ1n) is 9.29. The molecule has 0 unspecified atom stereocenters. The zero-order valence-electron chi connectivity index (χ0n) is 17.0. The number of hydrogen-bond donors (Lipinski definition) is 0. The van der Waals surface area contributed by atoms with E-state index in [0.29, 0.717) is 28.2 Å². The standard InChI is InChI=1S/C23H22N2O4S/c1-5-13-29-19-12-7-16(14-20(19)28-6-2)15-21-22(26)25(3)23(30-21)24-17-8-10-18(27-4)11-9-17/h1,7-12,14-15H,6,13H2,2-4H3. The molecule has 0 spiro atoms. The number of carbonyl (C=O) groups is 1. The summed E-state index contributed by atoms with van der Waals surface area (Å²) in [6.45, 7) is 2.54. The van der Waals surface area contributed by atoms with Gasteiger partial charge in [-0.05, 0) is 66.7 Å². The summed E-state index contributed by atoms with van der Waals surface area (Å²) in [5, 5.41) is 0.607. The van der Waals surface area contributed by atoms with E-state index in [0.717, 1.165) is 17.0 Å². The number of methoxy groups -OCH3 is 1. The van der Waals surface area contributed by atoms with Gasteiger partial charge in [0.05, 0.1) is 24.3 Å². The van der Waals surface area contributed by atoms with Gasteiger partial charge in [0.2, 0.25) is 0 Å². The van der Waals surface area contributed by atoms with Crippen molar-refractivity contribution in [3.05, 3.63) is 52.9 Å². The predicted octanol–water partition coefficient (Wildman–Crippen LogP) is 4.34. The fraction of sp³-hybridized carbons (Fsp3) is 0.217. The van der Waals surface area contributed by atoms with Crippen LogP contribution in [0, 0.1) is 12.3 Å². The number of terminal acetylenes is 1. The average molecular weight is 423 g/mol. The fourth-order valence-electron chi connectivity index (χ4n) is 2.69. The van der Waals surface area contributed by atoms with E-state index in [2.05, 4.69) is 10.9 Å². The zero-order valence-corrected chi connectivity index (χ0v) is 17.9. The number of carbonyl (C=O) groups excluding carboxylic acids is 1. The molecule has 0 aromatic heterocycles. The van der Waals surface area contributed by atoms with Crippen LogP contribution >= 0.6 is 11.8 Å². The van der Waals surface area contributed by atoms with Gasteiger partial charge in [-0.3, -0.25) is 9.69 Å². The number of aliphatic imine (C=N–C) groups is 1. The summed E-state index contributed by atoms with van der Waals surface area (Å²) in [7, 11) is 3.32. The maximum atomic E-state index is 12.7. The Labute approximate surface area is 180 Å². The lowest BCUT2D eigenvalue weighted by Gasteiger charge is -2.11. The highest BCUT2D eigenvalue weighted by molar-refractivity contribution is 8.18. The Kier molecular flexibility index (Phi) is 7.04. The minimum absolute atomic E-state index is 0.113. The Morgan fingerprint density at radius 3 is 2.60 bits per heavy atom. The molecule has 7 heteroatoms. The third kappa shape index (κ3) is 4.97. The number of hydrogen-bond acceptors (Lipinski definition) is 6. The van der Waals surface area contributed by atoms with E-state index in [1.807, 2.05) is 49.4 Å². The van der Waals surface area contributed by atoms with Crippen LogP contribution in [-0.4, -0.2) is 43.3 Å². The number of thioether (sulfide) groups is 1. The van der Waals surface area contributed by atoms with Gasteiger partial charge in [-0.15, -0.1) is 6.42 Å². The van der Waals surface area contributed by atoms with Crippen LogP contribution in [0.1, 0.15) is 12.5 Å². The summed E-state index contributed by atoms with van der Waals surface area (Å²) in [5.41, 5.74) is 1.56. The Bertz CT molecular complexity index is 1020. The maximum Gasteiger partial charge on any atom is 0.266 e. The highest BCUT2D eigenvalue weighted by Gasteiger charge is 2.30. The second kappa shape index (κ2) is 9.90. The normalized spacial score (nSPS) is 16.1. The molecule has 1 aliphatic heterocycles. The molecule has 0 aliphatic carbocycles. The van der Waals surface area contributed by atoms with E-state index < -0.39 is 0 Å². The summed E-state index contributed by atoms with van der Waals surface area (Å²) in [6.07, 6.45) is 7.08. The highest BCUT2D eigenvalue weighted by Crippen LogP contribution is 2.35. The summed E-state index contributed by atoms with van der Waals surface area (Å²) >= 11 is 1.32. The number of amides is 1. The molecular formula is C23H22N2O4S. The first-order valence-corrected chi connectivity index (χ1v) is 10.1. The molecule has 1 saturated heterocycles. The van der Waals surface area contributed by atoms with Crippen LogP contribution in [0.5, 0.6) is 17.2 Å². The minimum Gasteiger partial charge on any atom is -0.497 e. The van der Waals surface area contributed by atoms with Crippen LogP contribution in [0.25, 0.3) is 6.08 Å². The van der Waals surface area contributed by atoms with E-state index in [-0.39, 0.29) is 12.5 Å². The molecule has 0 saturated carbocycles. The number of nitrogens with zero attached hydrogens (tertiary/aromatic N) is 2. The smallest absolute Gasteiger partial charge is 0.266 e. The van der Waals surface area contributed by atoms with Gasteiger partial charge in [-0.1, -0.05) is 12.0 Å². The first-order chi connectivity index (χ1) is 14.5. The van der Waals surface area contributed by atoms with Crippen molar-refractivity contribution >= 4 is 34.6 Å². The molecular weight excluding hydrogens is 400 g/mol. The monoisotopic (exact) mass is 422 g/mol. The molecule has 1 fully saturated rings. The molecule has 1 aliphatic rings. The summed E-state index contributed by atoms with van der Waals surface area (Å²) in [5.74, 6) is 4.23. The molecule has 0 atom stereocenters. The van der Waals surface area contributed by atoms with Crippen LogP contribution in [0.15, 0.2) is 52.4 Å². The minimum atomic E-state index is -0.113. The van der Waals surface area contributed by atoms with Gasteiger partial charge in [0, 0.05) is 7.05 Å². The summed E-state index contributed by atoms with van der Waals surface area (Å²) in [6, 6.07) is 12.8. The van der Waals surface area contributed by atoms with Crippen molar-refractivity contribution in [3.8, 4) is 29.6 Å².